The van der Waals surface area contributed by atoms with E-state index in [0.29, 0.717) is 17.9 Å². The van der Waals surface area contributed by atoms with Gasteiger partial charge in [-0.1, -0.05) is 30.3 Å². The van der Waals surface area contributed by atoms with Gasteiger partial charge in [-0.2, -0.15) is 0 Å². The average molecular weight is 286 g/mol. The van der Waals surface area contributed by atoms with Gasteiger partial charge in [0.05, 0.1) is 23.9 Å². The van der Waals surface area contributed by atoms with Crippen molar-refractivity contribution in [2.75, 3.05) is 11.9 Å². The second-order valence-corrected chi connectivity index (χ2v) is 4.85. The molecule has 3 N–H and O–H groups in total. The number of aromatic carboxylic acids is 1. The lowest BCUT2D eigenvalue weighted by atomic mass is 10.1. The molecule has 2 aromatic rings. The summed E-state index contributed by atoms with van der Waals surface area (Å²) in [6.45, 7) is 1.62. The third-order valence-electron chi connectivity index (χ3n) is 3.21. The maximum atomic E-state index is 11.0. The maximum Gasteiger partial charge on any atom is 0.337 e. The molecule has 0 aliphatic carbocycles. The number of carbonyl (C=O) groups is 1. The highest BCUT2D eigenvalue weighted by Gasteiger charge is 2.12. The molecule has 0 bridgehead atoms. The highest BCUT2D eigenvalue weighted by Crippen LogP contribution is 2.13. The highest BCUT2D eigenvalue weighted by atomic mass is 16.4. The lowest BCUT2D eigenvalue weighted by Gasteiger charge is -2.17. The van der Waals surface area contributed by atoms with Gasteiger partial charge in [0.1, 0.15) is 5.82 Å². The summed E-state index contributed by atoms with van der Waals surface area (Å²) in [6, 6.07) is 12.8. The Morgan fingerprint density at radius 3 is 2.52 bits per heavy atom. The van der Waals surface area contributed by atoms with Crippen molar-refractivity contribution in [2.24, 2.45) is 0 Å². The molecule has 0 saturated carbocycles. The SMILES string of the molecule is Cc1nc(NC(CO)Cc2ccccc2)ccc1C(=O)O. The summed E-state index contributed by atoms with van der Waals surface area (Å²) in [6.07, 6.45) is 0.665. The predicted molar refractivity (Wildman–Crippen MR) is 80.6 cm³/mol. The van der Waals surface area contributed by atoms with Gasteiger partial charge in [-0.25, -0.2) is 9.78 Å². The zero-order valence-electron chi connectivity index (χ0n) is 11.8. The standard InChI is InChI=1S/C16H18N2O3/c1-11-14(16(20)21)7-8-15(17-11)18-13(10-19)9-12-5-3-2-4-6-12/h2-8,13,19H,9-10H2,1H3,(H,17,18)(H,20,21). The van der Waals surface area contributed by atoms with Crippen molar-refractivity contribution < 1.29 is 15.0 Å². The number of carboxylic acids is 1. The van der Waals surface area contributed by atoms with Gasteiger partial charge in [0.25, 0.3) is 0 Å². The first-order chi connectivity index (χ1) is 10.1. The van der Waals surface area contributed by atoms with Crippen molar-refractivity contribution in [3.8, 4) is 0 Å². The minimum absolute atomic E-state index is 0.0314. The molecule has 0 aliphatic rings. The maximum absolute atomic E-state index is 11.0. The molecule has 0 radical (unpaired) electrons. The lowest BCUT2D eigenvalue weighted by molar-refractivity contribution is 0.0695. The number of aliphatic hydroxyl groups is 1. The quantitative estimate of drug-likeness (QED) is 0.757. The number of aliphatic hydroxyl groups excluding tert-OH is 1. The number of anilines is 1. The smallest absolute Gasteiger partial charge is 0.337 e. The number of benzene rings is 1. The molecule has 1 heterocycles. The molecule has 0 aliphatic heterocycles. The molecule has 5 heteroatoms. The molecule has 1 aromatic carbocycles. The lowest BCUT2D eigenvalue weighted by Crippen LogP contribution is -2.27. The number of hydrogen-bond acceptors (Lipinski definition) is 4. The molecular weight excluding hydrogens is 268 g/mol. The minimum Gasteiger partial charge on any atom is -0.478 e. The van der Waals surface area contributed by atoms with Crippen LogP contribution in [0.25, 0.3) is 0 Å². The Hall–Kier alpha value is -2.40. The fraction of sp³-hybridized carbons (Fsp3) is 0.250. The first-order valence-corrected chi connectivity index (χ1v) is 6.72. The van der Waals surface area contributed by atoms with Crippen LogP contribution in [0.15, 0.2) is 42.5 Å². The number of aromatic nitrogens is 1. The van der Waals surface area contributed by atoms with Crippen LogP contribution in [-0.2, 0) is 6.42 Å². The van der Waals surface area contributed by atoms with E-state index in [2.05, 4.69) is 10.3 Å². The van der Waals surface area contributed by atoms with E-state index in [4.69, 9.17) is 5.11 Å². The number of nitrogens with one attached hydrogen (secondary N) is 1. The fourth-order valence-corrected chi connectivity index (χ4v) is 2.14. The van der Waals surface area contributed by atoms with E-state index in [-0.39, 0.29) is 18.2 Å². The number of rotatable bonds is 6. The molecule has 1 unspecified atom stereocenters. The molecule has 5 nitrogen and oxygen atoms in total. The van der Waals surface area contributed by atoms with E-state index in [1.54, 1.807) is 13.0 Å². The van der Waals surface area contributed by atoms with Gasteiger partial charge < -0.3 is 15.5 Å². The van der Waals surface area contributed by atoms with Gasteiger partial charge in [0, 0.05) is 0 Å². The van der Waals surface area contributed by atoms with Gasteiger partial charge in [0.2, 0.25) is 0 Å². The first kappa shape index (κ1) is 15.0. The van der Waals surface area contributed by atoms with Gasteiger partial charge >= 0.3 is 5.97 Å². The van der Waals surface area contributed by atoms with Crippen LogP contribution in [-0.4, -0.2) is 33.8 Å². The Morgan fingerprint density at radius 1 is 1.24 bits per heavy atom. The molecule has 1 aromatic heterocycles. The number of carboxylic acid groups (broad SMARTS) is 1. The van der Waals surface area contributed by atoms with Crippen LogP contribution in [0.3, 0.4) is 0 Å². The Morgan fingerprint density at radius 2 is 1.95 bits per heavy atom. The Labute approximate surface area is 123 Å². The van der Waals surface area contributed by atoms with Crippen LogP contribution >= 0.6 is 0 Å². The number of nitrogens with zero attached hydrogens (tertiary/aromatic N) is 1. The molecule has 0 saturated heterocycles. The topological polar surface area (TPSA) is 82.5 Å². The third-order valence-corrected chi connectivity index (χ3v) is 3.21. The molecule has 0 spiro atoms. The van der Waals surface area contributed by atoms with Gasteiger partial charge in [-0.3, -0.25) is 0 Å². The van der Waals surface area contributed by atoms with Crippen LogP contribution in [0.2, 0.25) is 0 Å². The van der Waals surface area contributed by atoms with Crippen molar-refractivity contribution in [3.05, 3.63) is 59.3 Å². The van der Waals surface area contributed by atoms with Crippen LogP contribution in [0.5, 0.6) is 0 Å². The van der Waals surface area contributed by atoms with E-state index in [1.165, 1.54) is 6.07 Å². The fourth-order valence-electron chi connectivity index (χ4n) is 2.14. The van der Waals surface area contributed by atoms with Gasteiger partial charge in [-0.05, 0) is 31.0 Å². The minimum atomic E-state index is -0.991. The van der Waals surface area contributed by atoms with E-state index < -0.39 is 5.97 Å². The second kappa shape index (κ2) is 6.85. The van der Waals surface area contributed by atoms with Crippen molar-refractivity contribution in [2.45, 2.75) is 19.4 Å². The molecule has 0 amide bonds. The summed E-state index contributed by atoms with van der Waals surface area (Å²) in [5.74, 6) is -0.429. The largest absolute Gasteiger partial charge is 0.478 e. The highest BCUT2D eigenvalue weighted by molar-refractivity contribution is 5.89. The van der Waals surface area contributed by atoms with E-state index >= 15 is 0 Å². The monoisotopic (exact) mass is 286 g/mol. The summed E-state index contributed by atoms with van der Waals surface area (Å²) in [7, 11) is 0. The molecule has 2 rings (SSSR count). The van der Waals surface area contributed by atoms with E-state index in [1.807, 2.05) is 30.3 Å². The van der Waals surface area contributed by atoms with Crippen molar-refractivity contribution in [1.29, 1.82) is 0 Å². The summed E-state index contributed by atoms with van der Waals surface area (Å²) in [4.78, 5) is 15.2. The zero-order chi connectivity index (χ0) is 15.2. The Balaban J connectivity index is 2.08. The Kier molecular flexibility index (Phi) is 4.90. The summed E-state index contributed by atoms with van der Waals surface area (Å²) in [5.41, 5.74) is 1.75. The third kappa shape index (κ3) is 4.03. The van der Waals surface area contributed by atoms with Gasteiger partial charge in [0.15, 0.2) is 0 Å². The van der Waals surface area contributed by atoms with Crippen molar-refractivity contribution >= 4 is 11.8 Å². The summed E-state index contributed by atoms with van der Waals surface area (Å²) >= 11 is 0. The van der Waals surface area contributed by atoms with Crippen LogP contribution in [0.4, 0.5) is 5.82 Å². The van der Waals surface area contributed by atoms with Crippen molar-refractivity contribution in [1.82, 2.24) is 4.98 Å². The zero-order valence-corrected chi connectivity index (χ0v) is 11.8. The molecule has 1 atom stereocenters. The summed E-state index contributed by atoms with van der Waals surface area (Å²) < 4.78 is 0. The Bertz CT molecular complexity index is 614. The van der Waals surface area contributed by atoms with Crippen LogP contribution < -0.4 is 5.32 Å². The number of hydrogen-bond donors (Lipinski definition) is 3. The summed E-state index contributed by atoms with van der Waals surface area (Å²) in [5, 5.41) is 21.6. The molecule has 0 fully saturated rings. The molecular formula is C16H18N2O3. The normalized spacial score (nSPS) is 11.9. The molecule has 21 heavy (non-hydrogen) atoms. The van der Waals surface area contributed by atoms with Crippen LogP contribution in [0, 0.1) is 6.92 Å². The first-order valence-electron chi connectivity index (χ1n) is 6.72. The van der Waals surface area contributed by atoms with Crippen molar-refractivity contribution in [3.63, 3.8) is 0 Å². The predicted octanol–water partition coefficient (Wildman–Crippen LogP) is 2.10. The number of pyridine rings is 1. The number of aryl methyl sites for hydroxylation is 1. The molecule has 110 valence electrons. The van der Waals surface area contributed by atoms with Crippen LogP contribution in [0.1, 0.15) is 21.6 Å². The van der Waals surface area contributed by atoms with E-state index in [0.717, 1.165) is 5.56 Å². The van der Waals surface area contributed by atoms with Gasteiger partial charge in [-0.15, -0.1) is 0 Å². The van der Waals surface area contributed by atoms with E-state index in [9.17, 15) is 9.90 Å². The average Bonchev–Trinajstić information content (AvgIpc) is 2.47. The second-order valence-electron chi connectivity index (χ2n) is 4.85.